The fraction of sp³-hybridized carbons (Fsp3) is 0.565. The average Bonchev–Trinajstić information content (AvgIpc) is 2.72. The normalized spacial score (nSPS) is 27.0. The Balaban J connectivity index is 1.50. The maximum absolute atomic E-state index is 12.6. The fourth-order valence-electron chi connectivity index (χ4n) is 4.23. The van der Waals surface area contributed by atoms with Crippen LogP contribution in [0.25, 0.3) is 0 Å². The van der Waals surface area contributed by atoms with Crippen LogP contribution in [-0.2, 0) is 11.3 Å². The van der Waals surface area contributed by atoms with E-state index in [0.717, 1.165) is 50.9 Å². The molecule has 1 aromatic carbocycles. The van der Waals surface area contributed by atoms with Crippen molar-refractivity contribution in [3.05, 3.63) is 48.0 Å². The Morgan fingerprint density at radius 3 is 2.90 bits per heavy atom. The molecule has 1 aromatic rings. The number of aliphatic hydroxyl groups is 1. The number of benzene rings is 1. The van der Waals surface area contributed by atoms with Gasteiger partial charge in [-0.3, -0.25) is 14.7 Å². The van der Waals surface area contributed by atoms with E-state index in [1.54, 1.807) is 0 Å². The Labute approximate surface area is 187 Å². The Bertz CT molecular complexity index is 737. The van der Waals surface area contributed by atoms with E-state index in [1.165, 1.54) is 5.56 Å². The molecule has 5 nitrogen and oxygen atoms in total. The molecular weight excluding hydrogens is 477 g/mol. The van der Waals surface area contributed by atoms with Gasteiger partial charge in [-0.25, -0.2) is 0 Å². The van der Waals surface area contributed by atoms with E-state index < -0.39 is 0 Å². The number of dihydropyridines is 1. The maximum Gasteiger partial charge on any atom is 0.245 e. The van der Waals surface area contributed by atoms with Crippen molar-refractivity contribution < 1.29 is 9.90 Å². The van der Waals surface area contributed by atoms with Crippen molar-refractivity contribution >= 4 is 34.2 Å². The quantitative estimate of drug-likeness (QED) is 0.318. The van der Waals surface area contributed by atoms with Crippen LogP contribution in [0.5, 0.6) is 0 Å². The molecule has 2 N–H and O–H groups in total. The SMILES string of the molecule is CC1=NC(C(=O)N[C@H]2CCC[C@](I)(CCN(CO)Cc3ccccc3)C2)CC=C1. The molecule has 1 saturated carbocycles. The van der Waals surface area contributed by atoms with E-state index >= 15 is 0 Å². The highest BCUT2D eigenvalue weighted by Crippen LogP contribution is 2.39. The number of nitrogens with zero attached hydrogens (tertiary/aromatic N) is 2. The van der Waals surface area contributed by atoms with E-state index in [4.69, 9.17) is 0 Å². The largest absolute Gasteiger partial charge is 0.381 e. The molecule has 0 saturated heterocycles. The van der Waals surface area contributed by atoms with E-state index in [0.29, 0.717) is 6.42 Å². The highest BCUT2D eigenvalue weighted by atomic mass is 127. The second kappa shape index (κ2) is 10.7. The van der Waals surface area contributed by atoms with Gasteiger partial charge >= 0.3 is 0 Å². The fourth-order valence-corrected chi connectivity index (χ4v) is 5.39. The average molecular weight is 509 g/mol. The predicted molar refractivity (Wildman–Crippen MR) is 126 cm³/mol. The van der Waals surface area contributed by atoms with Crippen molar-refractivity contribution in [1.29, 1.82) is 0 Å². The summed E-state index contributed by atoms with van der Waals surface area (Å²) in [7, 11) is 0. The van der Waals surface area contributed by atoms with E-state index in [1.807, 2.05) is 37.3 Å². The number of nitrogens with one attached hydrogen (secondary N) is 1. The minimum Gasteiger partial charge on any atom is -0.381 e. The standard InChI is InChI=1S/C23H32IN3O2/c1-18-7-5-11-21(25-18)22(29)26-20-10-6-12-23(24,15-20)13-14-27(17-28)16-19-8-3-2-4-9-19/h2-5,7-9,20-21,28H,6,10-17H2,1H3,(H,26,29)/t20-,21?,23-/m0/s1. The van der Waals surface area contributed by atoms with Crippen LogP contribution in [0.2, 0.25) is 0 Å². The zero-order chi connectivity index (χ0) is 20.7. The summed E-state index contributed by atoms with van der Waals surface area (Å²) in [5.74, 6) is 0.0559. The number of amides is 1. The lowest BCUT2D eigenvalue weighted by molar-refractivity contribution is -0.123. The highest BCUT2D eigenvalue weighted by molar-refractivity contribution is 14.1. The van der Waals surface area contributed by atoms with Crippen molar-refractivity contribution in [3.8, 4) is 0 Å². The van der Waals surface area contributed by atoms with Crippen LogP contribution in [0.3, 0.4) is 0 Å². The van der Waals surface area contributed by atoms with Gasteiger partial charge in [-0.2, -0.15) is 0 Å². The molecule has 1 aliphatic carbocycles. The number of hydrogen-bond acceptors (Lipinski definition) is 4. The number of halogens is 1. The molecule has 1 amide bonds. The van der Waals surface area contributed by atoms with Crippen LogP contribution in [0.4, 0.5) is 0 Å². The number of allylic oxidation sites excluding steroid dienone is 1. The Morgan fingerprint density at radius 1 is 1.38 bits per heavy atom. The zero-order valence-electron chi connectivity index (χ0n) is 17.2. The lowest BCUT2D eigenvalue weighted by atomic mass is 9.83. The summed E-state index contributed by atoms with van der Waals surface area (Å²) < 4.78 is 0.156. The Kier molecular flexibility index (Phi) is 8.26. The summed E-state index contributed by atoms with van der Waals surface area (Å²) in [6.07, 6.45) is 10.0. The number of carbonyl (C=O) groups is 1. The van der Waals surface area contributed by atoms with Gasteiger partial charge in [-0.1, -0.05) is 65.4 Å². The molecule has 3 atom stereocenters. The molecule has 158 valence electrons. The number of rotatable bonds is 8. The number of alkyl halides is 1. The van der Waals surface area contributed by atoms with Crippen molar-refractivity contribution in [2.45, 2.75) is 67.5 Å². The molecule has 0 bridgehead atoms. The molecule has 2 aliphatic rings. The van der Waals surface area contributed by atoms with Crippen molar-refractivity contribution in [2.75, 3.05) is 13.3 Å². The lowest BCUT2D eigenvalue weighted by Crippen LogP contribution is -2.47. The number of carbonyl (C=O) groups excluding carboxylic acids is 1. The molecule has 6 heteroatoms. The molecule has 0 spiro atoms. The first kappa shape index (κ1) is 22.4. The molecule has 0 aromatic heterocycles. The first-order valence-corrected chi connectivity index (χ1v) is 11.6. The minimum absolute atomic E-state index is 0.0559. The third kappa shape index (κ3) is 6.89. The van der Waals surface area contributed by atoms with Gasteiger partial charge in [0.25, 0.3) is 0 Å². The molecule has 1 heterocycles. The van der Waals surface area contributed by atoms with Gasteiger partial charge in [0.05, 0.1) is 6.73 Å². The van der Waals surface area contributed by atoms with Gasteiger partial charge in [0, 0.05) is 28.3 Å². The van der Waals surface area contributed by atoms with E-state index in [9.17, 15) is 9.90 Å². The molecule has 1 fully saturated rings. The number of aliphatic hydroxyl groups excluding tert-OH is 1. The third-order valence-electron chi connectivity index (χ3n) is 5.84. The van der Waals surface area contributed by atoms with Gasteiger partial charge in [0.1, 0.15) is 6.04 Å². The molecular formula is C23H32IN3O2. The number of hydrogen-bond donors (Lipinski definition) is 2. The Morgan fingerprint density at radius 2 is 2.17 bits per heavy atom. The smallest absolute Gasteiger partial charge is 0.245 e. The summed E-state index contributed by atoms with van der Waals surface area (Å²) in [5, 5.41) is 13.0. The first-order valence-electron chi connectivity index (χ1n) is 10.5. The predicted octanol–water partition coefficient (Wildman–Crippen LogP) is 3.85. The summed E-state index contributed by atoms with van der Waals surface area (Å²) in [6.45, 7) is 3.62. The van der Waals surface area contributed by atoms with Crippen LogP contribution in [-0.4, -0.2) is 50.4 Å². The topological polar surface area (TPSA) is 64.9 Å². The second-order valence-electron chi connectivity index (χ2n) is 8.31. The zero-order valence-corrected chi connectivity index (χ0v) is 19.3. The van der Waals surface area contributed by atoms with Gasteiger partial charge in [-0.15, -0.1) is 0 Å². The van der Waals surface area contributed by atoms with Crippen LogP contribution >= 0.6 is 22.6 Å². The van der Waals surface area contributed by atoms with E-state index in [2.05, 4.69) is 49.9 Å². The van der Waals surface area contributed by atoms with Gasteiger partial charge in [-0.05, 0) is 50.7 Å². The number of aliphatic imine (C=N–C) groups is 1. The van der Waals surface area contributed by atoms with Crippen molar-refractivity contribution in [3.63, 3.8) is 0 Å². The first-order chi connectivity index (χ1) is 14.0. The minimum atomic E-state index is -0.277. The van der Waals surface area contributed by atoms with Gasteiger partial charge < -0.3 is 10.4 Å². The van der Waals surface area contributed by atoms with Crippen molar-refractivity contribution in [2.24, 2.45) is 4.99 Å². The second-order valence-corrected chi connectivity index (χ2v) is 10.6. The monoisotopic (exact) mass is 509 g/mol. The third-order valence-corrected chi connectivity index (χ3v) is 7.36. The summed E-state index contributed by atoms with van der Waals surface area (Å²) >= 11 is 2.59. The van der Waals surface area contributed by atoms with Crippen LogP contribution in [0.15, 0.2) is 47.5 Å². The van der Waals surface area contributed by atoms with Gasteiger partial charge in [0.2, 0.25) is 5.91 Å². The molecule has 1 unspecified atom stereocenters. The van der Waals surface area contributed by atoms with Crippen LogP contribution < -0.4 is 5.32 Å². The van der Waals surface area contributed by atoms with Crippen LogP contribution in [0.1, 0.15) is 51.0 Å². The maximum atomic E-state index is 12.6. The van der Waals surface area contributed by atoms with Gasteiger partial charge in [0.15, 0.2) is 0 Å². The van der Waals surface area contributed by atoms with E-state index in [-0.39, 0.29) is 28.1 Å². The Hall–Kier alpha value is -1.25. The molecule has 1 aliphatic heterocycles. The summed E-state index contributed by atoms with van der Waals surface area (Å²) in [5.41, 5.74) is 2.14. The van der Waals surface area contributed by atoms with Crippen LogP contribution in [0, 0.1) is 0 Å². The molecule has 29 heavy (non-hydrogen) atoms. The summed E-state index contributed by atoms with van der Waals surface area (Å²) in [4.78, 5) is 19.2. The molecule has 0 radical (unpaired) electrons. The molecule has 3 rings (SSSR count). The highest BCUT2D eigenvalue weighted by Gasteiger charge is 2.35. The summed E-state index contributed by atoms with van der Waals surface area (Å²) in [6, 6.07) is 10.2. The van der Waals surface area contributed by atoms with Crippen molar-refractivity contribution in [1.82, 2.24) is 10.2 Å². The lowest BCUT2D eigenvalue weighted by Gasteiger charge is -2.38.